The minimum absolute atomic E-state index is 0.0276. The van der Waals surface area contributed by atoms with Crippen molar-refractivity contribution in [1.82, 2.24) is 24.2 Å². The van der Waals surface area contributed by atoms with E-state index in [1.165, 1.54) is 11.8 Å². The summed E-state index contributed by atoms with van der Waals surface area (Å²) in [5.41, 5.74) is 2.31. The maximum atomic E-state index is 13.3. The minimum Gasteiger partial charge on any atom is -0.383 e. The van der Waals surface area contributed by atoms with Crippen molar-refractivity contribution in [1.29, 1.82) is 0 Å². The van der Waals surface area contributed by atoms with E-state index < -0.39 is 0 Å². The molecule has 0 spiro atoms. The van der Waals surface area contributed by atoms with Gasteiger partial charge in [0.05, 0.1) is 31.1 Å². The summed E-state index contributed by atoms with van der Waals surface area (Å²) in [6.07, 6.45) is 1.79. The summed E-state index contributed by atoms with van der Waals surface area (Å²) < 4.78 is 13.6. The zero-order valence-corrected chi connectivity index (χ0v) is 19.3. The van der Waals surface area contributed by atoms with Crippen molar-refractivity contribution >= 4 is 28.7 Å². The highest BCUT2D eigenvalue weighted by atomic mass is 32.2. The molecule has 10 heteroatoms. The van der Waals surface area contributed by atoms with Gasteiger partial charge < -0.3 is 14.4 Å². The number of carbonyl (C=O) groups excluding carboxylic acids is 1. The molecule has 1 amide bonds. The summed E-state index contributed by atoms with van der Waals surface area (Å²) in [7, 11) is 3.22. The quantitative estimate of drug-likeness (QED) is 0.454. The first-order valence-corrected chi connectivity index (χ1v) is 11.5. The molecule has 32 heavy (non-hydrogen) atoms. The molecule has 1 aromatic carbocycles. The van der Waals surface area contributed by atoms with E-state index in [4.69, 9.17) is 14.5 Å². The number of fused-ring (bicyclic) bond motifs is 2. The predicted molar refractivity (Wildman–Crippen MR) is 123 cm³/mol. The van der Waals surface area contributed by atoms with Crippen LogP contribution in [0.4, 0.5) is 0 Å². The number of hydrogen-bond donors (Lipinski definition) is 0. The number of ether oxygens (including phenoxy) is 2. The van der Waals surface area contributed by atoms with Gasteiger partial charge in [-0.15, -0.1) is 0 Å². The maximum absolute atomic E-state index is 13.3. The molecule has 9 nitrogen and oxygen atoms in total. The van der Waals surface area contributed by atoms with Crippen LogP contribution in [0.2, 0.25) is 0 Å². The van der Waals surface area contributed by atoms with Gasteiger partial charge in [-0.3, -0.25) is 14.2 Å². The predicted octanol–water partition coefficient (Wildman–Crippen LogP) is 2.05. The van der Waals surface area contributed by atoms with Crippen LogP contribution in [0.15, 0.2) is 40.4 Å². The van der Waals surface area contributed by atoms with Gasteiger partial charge in [0.2, 0.25) is 5.91 Å². The molecule has 0 saturated heterocycles. The van der Waals surface area contributed by atoms with E-state index in [1.807, 2.05) is 31.2 Å². The Balaban J connectivity index is 1.63. The molecule has 170 valence electrons. The third-order valence-electron chi connectivity index (χ3n) is 5.61. The number of benzene rings is 1. The average molecular weight is 458 g/mol. The molecule has 4 rings (SSSR count). The van der Waals surface area contributed by atoms with Crippen LogP contribution in [0.1, 0.15) is 18.0 Å². The molecular formula is C22H27N5O4S. The number of carbonyl (C=O) groups is 1. The van der Waals surface area contributed by atoms with E-state index in [0.29, 0.717) is 48.2 Å². The van der Waals surface area contributed by atoms with Gasteiger partial charge in [0, 0.05) is 39.5 Å². The summed E-state index contributed by atoms with van der Waals surface area (Å²) in [5, 5.41) is 5.51. The maximum Gasteiger partial charge on any atom is 0.265 e. The topological polar surface area (TPSA) is 91.5 Å². The summed E-state index contributed by atoms with van der Waals surface area (Å²) in [6, 6.07) is 7.60. The monoisotopic (exact) mass is 457 g/mol. The van der Waals surface area contributed by atoms with Crippen LogP contribution in [0.5, 0.6) is 0 Å². The molecular weight excluding hydrogens is 430 g/mol. The molecule has 1 aliphatic heterocycles. The number of thioether (sulfide) groups is 1. The Kier molecular flexibility index (Phi) is 6.92. The third-order valence-corrected chi connectivity index (χ3v) is 6.71. The van der Waals surface area contributed by atoms with Crippen LogP contribution in [-0.4, -0.2) is 76.4 Å². The second-order valence-corrected chi connectivity index (χ2v) is 8.67. The number of hydrogen-bond acceptors (Lipinski definition) is 7. The van der Waals surface area contributed by atoms with Gasteiger partial charge >= 0.3 is 0 Å². The summed E-state index contributed by atoms with van der Waals surface area (Å²) in [5.74, 6) is 0.598. The van der Waals surface area contributed by atoms with Crippen molar-refractivity contribution in [2.24, 2.45) is 0 Å². The number of amides is 1. The standard InChI is InChI=1S/C22H27N5O4S/c1-15-6-4-5-7-18(15)27-20-17(13-23-27)21(29)26-16(14-32-22(26)24-20)12-19(28)25(8-10-30-2)9-11-31-3/h4-7,13,16H,8-12,14H2,1-3H3. The zero-order chi connectivity index (χ0) is 22.7. The first-order valence-electron chi connectivity index (χ1n) is 10.5. The van der Waals surface area contributed by atoms with Crippen LogP contribution in [0, 0.1) is 6.92 Å². The minimum atomic E-state index is -0.249. The zero-order valence-electron chi connectivity index (χ0n) is 18.5. The first-order chi connectivity index (χ1) is 15.5. The number of nitrogens with zero attached hydrogens (tertiary/aromatic N) is 5. The number of aryl methyl sites for hydroxylation is 1. The van der Waals surface area contributed by atoms with Crippen molar-refractivity contribution < 1.29 is 14.3 Å². The Morgan fingerprint density at radius 3 is 2.62 bits per heavy atom. The highest BCUT2D eigenvalue weighted by Gasteiger charge is 2.31. The van der Waals surface area contributed by atoms with Crippen LogP contribution >= 0.6 is 11.8 Å². The average Bonchev–Trinajstić information content (AvgIpc) is 3.39. The fourth-order valence-electron chi connectivity index (χ4n) is 3.85. The van der Waals surface area contributed by atoms with Gasteiger partial charge in [-0.1, -0.05) is 30.0 Å². The van der Waals surface area contributed by atoms with E-state index in [0.717, 1.165) is 11.3 Å². The van der Waals surface area contributed by atoms with E-state index in [-0.39, 0.29) is 23.9 Å². The molecule has 0 N–H and O–H groups in total. The Labute approximate surface area is 190 Å². The van der Waals surface area contributed by atoms with Crippen molar-refractivity contribution in [3.8, 4) is 5.69 Å². The number of para-hydroxylation sites is 1. The molecule has 2 aromatic heterocycles. The van der Waals surface area contributed by atoms with Crippen molar-refractivity contribution in [2.45, 2.75) is 24.5 Å². The molecule has 0 radical (unpaired) electrons. The van der Waals surface area contributed by atoms with Crippen LogP contribution < -0.4 is 5.56 Å². The summed E-state index contributed by atoms with van der Waals surface area (Å²) >= 11 is 1.50. The molecule has 3 heterocycles. The summed E-state index contributed by atoms with van der Waals surface area (Å²) in [6.45, 7) is 3.87. The lowest BCUT2D eigenvalue weighted by atomic mass is 10.2. The van der Waals surface area contributed by atoms with Crippen LogP contribution in [0.25, 0.3) is 16.7 Å². The lowest BCUT2D eigenvalue weighted by Crippen LogP contribution is -2.38. The van der Waals surface area contributed by atoms with Gasteiger partial charge in [0.1, 0.15) is 5.39 Å². The number of methoxy groups -OCH3 is 2. The highest BCUT2D eigenvalue weighted by molar-refractivity contribution is 7.99. The van der Waals surface area contributed by atoms with E-state index >= 15 is 0 Å². The largest absolute Gasteiger partial charge is 0.383 e. The van der Waals surface area contributed by atoms with Gasteiger partial charge in [-0.25, -0.2) is 9.67 Å². The molecule has 1 unspecified atom stereocenters. The molecule has 0 bridgehead atoms. The fraction of sp³-hybridized carbons (Fsp3) is 0.455. The normalized spacial score (nSPS) is 15.3. The molecule has 0 aliphatic carbocycles. The Morgan fingerprint density at radius 1 is 1.22 bits per heavy atom. The lowest BCUT2D eigenvalue weighted by molar-refractivity contribution is -0.133. The van der Waals surface area contributed by atoms with E-state index in [9.17, 15) is 9.59 Å². The van der Waals surface area contributed by atoms with Gasteiger partial charge in [0.25, 0.3) is 5.56 Å². The molecule has 1 aliphatic rings. The smallest absolute Gasteiger partial charge is 0.265 e. The van der Waals surface area contributed by atoms with E-state index in [2.05, 4.69) is 5.10 Å². The van der Waals surface area contributed by atoms with Crippen molar-refractivity contribution in [3.05, 3.63) is 46.4 Å². The van der Waals surface area contributed by atoms with Crippen LogP contribution in [-0.2, 0) is 14.3 Å². The second kappa shape index (κ2) is 9.85. The van der Waals surface area contributed by atoms with Gasteiger partial charge in [0.15, 0.2) is 10.8 Å². The lowest BCUT2D eigenvalue weighted by Gasteiger charge is -2.24. The number of rotatable bonds is 9. The molecule has 3 aromatic rings. The highest BCUT2D eigenvalue weighted by Crippen LogP contribution is 2.34. The van der Waals surface area contributed by atoms with E-state index in [1.54, 1.807) is 34.6 Å². The fourth-order valence-corrected chi connectivity index (χ4v) is 4.98. The number of aromatic nitrogens is 4. The Morgan fingerprint density at radius 2 is 1.94 bits per heavy atom. The summed E-state index contributed by atoms with van der Waals surface area (Å²) in [4.78, 5) is 32.8. The molecule has 1 atom stereocenters. The van der Waals surface area contributed by atoms with Gasteiger partial charge in [-0.05, 0) is 18.6 Å². The third kappa shape index (κ3) is 4.30. The molecule has 0 fully saturated rings. The Bertz CT molecular complexity index is 1170. The first kappa shape index (κ1) is 22.5. The van der Waals surface area contributed by atoms with Crippen LogP contribution in [0.3, 0.4) is 0 Å². The molecule has 0 saturated carbocycles. The van der Waals surface area contributed by atoms with Gasteiger partial charge in [-0.2, -0.15) is 5.10 Å². The Hall–Kier alpha value is -2.69. The second-order valence-electron chi connectivity index (χ2n) is 7.69. The SMILES string of the molecule is COCCN(CCOC)C(=O)CC1CSc2nc3c(cnn3-c3ccccc3C)c(=O)n21. The van der Waals surface area contributed by atoms with Crippen molar-refractivity contribution in [2.75, 3.05) is 46.3 Å². The van der Waals surface area contributed by atoms with Crippen molar-refractivity contribution in [3.63, 3.8) is 0 Å².